The maximum atomic E-state index is 11.6. The number of carbonyl (C=O) groups excluding carboxylic acids is 1. The summed E-state index contributed by atoms with van der Waals surface area (Å²) in [6.07, 6.45) is 3.22. The Labute approximate surface area is 105 Å². The summed E-state index contributed by atoms with van der Waals surface area (Å²) in [4.78, 5) is 12.8. The second-order valence-corrected chi connectivity index (χ2v) is 5.46. The Morgan fingerprint density at radius 1 is 1.53 bits per heavy atom. The minimum absolute atomic E-state index is 0.113. The number of urea groups is 1. The van der Waals surface area contributed by atoms with Crippen LogP contribution in [0.25, 0.3) is 0 Å². The molecule has 1 saturated carbocycles. The van der Waals surface area contributed by atoms with Gasteiger partial charge in [0.1, 0.15) is 0 Å². The van der Waals surface area contributed by atoms with Gasteiger partial charge < -0.3 is 15.7 Å². The monoisotopic (exact) mass is 254 g/mol. The van der Waals surface area contributed by atoms with Gasteiger partial charge in [-0.15, -0.1) is 11.3 Å². The van der Waals surface area contributed by atoms with E-state index in [-0.39, 0.29) is 18.2 Å². The molecule has 1 aliphatic carbocycles. The molecule has 1 heterocycles. The second-order valence-electron chi connectivity index (χ2n) is 4.42. The third kappa shape index (κ3) is 4.02. The van der Waals surface area contributed by atoms with E-state index in [0.717, 1.165) is 24.1 Å². The van der Waals surface area contributed by atoms with Crippen LogP contribution in [0.1, 0.15) is 30.6 Å². The molecule has 2 atom stereocenters. The minimum atomic E-state index is -0.258. The van der Waals surface area contributed by atoms with Gasteiger partial charge in [0.05, 0.1) is 12.6 Å². The molecule has 1 aliphatic rings. The Balaban J connectivity index is 1.70. The maximum absolute atomic E-state index is 11.6. The van der Waals surface area contributed by atoms with E-state index in [1.165, 1.54) is 0 Å². The molecule has 3 N–H and O–H groups in total. The van der Waals surface area contributed by atoms with E-state index >= 15 is 0 Å². The molecule has 2 amide bonds. The standard InChI is InChI=1S/C12H18N2O2S/c15-10-4-1-3-9(7-10)14-12(16)13-8-11-5-2-6-17-11/h2,5-6,9-10,15H,1,3-4,7-8H2,(H2,13,14,16)/t9-,10+/m0/s1. The number of amides is 2. The van der Waals surface area contributed by atoms with Crippen molar-refractivity contribution in [2.75, 3.05) is 0 Å². The summed E-state index contributed by atoms with van der Waals surface area (Å²) in [7, 11) is 0. The van der Waals surface area contributed by atoms with E-state index < -0.39 is 0 Å². The third-order valence-corrected chi connectivity index (χ3v) is 3.86. The Bertz CT molecular complexity index is 353. The summed E-state index contributed by atoms with van der Waals surface area (Å²) in [5, 5.41) is 17.2. The molecule has 5 heteroatoms. The summed E-state index contributed by atoms with van der Waals surface area (Å²) in [5.74, 6) is 0. The molecule has 0 unspecified atom stereocenters. The number of aliphatic hydroxyl groups is 1. The number of hydrogen-bond acceptors (Lipinski definition) is 3. The first-order valence-electron chi connectivity index (χ1n) is 5.99. The van der Waals surface area contributed by atoms with Crippen LogP contribution < -0.4 is 10.6 Å². The van der Waals surface area contributed by atoms with Crippen molar-refractivity contribution in [3.05, 3.63) is 22.4 Å². The van der Waals surface area contributed by atoms with Gasteiger partial charge >= 0.3 is 6.03 Å². The lowest BCUT2D eigenvalue weighted by Gasteiger charge is -2.26. The number of rotatable bonds is 3. The normalized spacial score (nSPS) is 24.3. The summed E-state index contributed by atoms with van der Waals surface area (Å²) in [6.45, 7) is 0.568. The first-order valence-corrected chi connectivity index (χ1v) is 6.87. The molecule has 1 aromatic rings. The van der Waals surface area contributed by atoms with Gasteiger partial charge in [0.2, 0.25) is 0 Å². The molecule has 94 valence electrons. The van der Waals surface area contributed by atoms with Crippen LogP contribution in [0, 0.1) is 0 Å². The van der Waals surface area contributed by atoms with Gasteiger partial charge in [-0.25, -0.2) is 4.79 Å². The van der Waals surface area contributed by atoms with E-state index in [9.17, 15) is 9.90 Å². The Morgan fingerprint density at radius 2 is 2.41 bits per heavy atom. The average molecular weight is 254 g/mol. The minimum Gasteiger partial charge on any atom is -0.393 e. The zero-order valence-electron chi connectivity index (χ0n) is 9.69. The molecular weight excluding hydrogens is 236 g/mol. The van der Waals surface area contributed by atoms with Gasteiger partial charge in [-0.2, -0.15) is 0 Å². The van der Waals surface area contributed by atoms with Crippen molar-refractivity contribution < 1.29 is 9.90 Å². The average Bonchev–Trinajstić information content (AvgIpc) is 2.79. The van der Waals surface area contributed by atoms with Gasteiger partial charge in [0.25, 0.3) is 0 Å². The van der Waals surface area contributed by atoms with Crippen molar-refractivity contribution in [2.45, 2.75) is 44.4 Å². The molecule has 0 saturated heterocycles. The number of nitrogens with one attached hydrogen (secondary N) is 2. The van der Waals surface area contributed by atoms with Crippen LogP contribution in [0.4, 0.5) is 4.79 Å². The second kappa shape index (κ2) is 6.02. The van der Waals surface area contributed by atoms with E-state index in [1.54, 1.807) is 11.3 Å². The number of thiophene rings is 1. The van der Waals surface area contributed by atoms with E-state index in [4.69, 9.17) is 0 Å². The molecule has 0 aliphatic heterocycles. The van der Waals surface area contributed by atoms with Crippen LogP contribution in [-0.4, -0.2) is 23.3 Å². The zero-order chi connectivity index (χ0) is 12.1. The zero-order valence-corrected chi connectivity index (χ0v) is 10.5. The van der Waals surface area contributed by atoms with Crippen molar-refractivity contribution in [3.63, 3.8) is 0 Å². The predicted octanol–water partition coefficient (Wildman–Crippen LogP) is 1.85. The molecular formula is C12H18N2O2S. The fraction of sp³-hybridized carbons (Fsp3) is 0.583. The van der Waals surface area contributed by atoms with Crippen LogP contribution >= 0.6 is 11.3 Å². The summed E-state index contributed by atoms with van der Waals surface area (Å²) in [6, 6.07) is 3.94. The van der Waals surface area contributed by atoms with E-state index in [1.807, 2.05) is 17.5 Å². The smallest absolute Gasteiger partial charge is 0.315 e. The highest BCUT2D eigenvalue weighted by Gasteiger charge is 2.21. The fourth-order valence-corrected chi connectivity index (χ4v) is 2.76. The highest BCUT2D eigenvalue weighted by atomic mass is 32.1. The van der Waals surface area contributed by atoms with Crippen molar-refractivity contribution in [1.29, 1.82) is 0 Å². The van der Waals surface area contributed by atoms with Crippen LogP contribution in [0.5, 0.6) is 0 Å². The fourth-order valence-electron chi connectivity index (χ4n) is 2.11. The lowest BCUT2D eigenvalue weighted by Crippen LogP contribution is -2.44. The SMILES string of the molecule is O=C(NCc1cccs1)N[C@H]1CCC[C@@H](O)C1. The molecule has 4 nitrogen and oxygen atoms in total. The van der Waals surface area contributed by atoms with Crippen LogP contribution in [-0.2, 0) is 6.54 Å². The first-order chi connectivity index (χ1) is 8.24. The Hall–Kier alpha value is -1.07. The van der Waals surface area contributed by atoms with Crippen LogP contribution in [0.3, 0.4) is 0 Å². The van der Waals surface area contributed by atoms with Crippen molar-refractivity contribution >= 4 is 17.4 Å². The lowest BCUT2D eigenvalue weighted by atomic mass is 9.93. The molecule has 0 aromatic carbocycles. The molecule has 0 bridgehead atoms. The van der Waals surface area contributed by atoms with Gasteiger partial charge in [-0.05, 0) is 37.1 Å². The number of carbonyl (C=O) groups is 1. The molecule has 0 radical (unpaired) electrons. The molecule has 1 fully saturated rings. The predicted molar refractivity (Wildman–Crippen MR) is 68.0 cm³/mol. The summed E-state index contributed by atoms with van der Waals surface area (Å²) < 4.78 is 0. The molecule has 1 aromatic heterocycles. The largest absolute Gasteiger partial charge is 0.393 e. The molecule has 17 heavy (non-hydrogen) atoms. The molecule has 0 spiro atoms. The van der Waals surface area contributed by atoms with Crippen molar-refractivity contribution in [1.82, 2.24) is 10.6 Å². The maximum Gasteiger partial charge on any atom is 0.315 e. The summed E-state index contributed by atoms with van der Waals surface area (Å²) in [5.41, 5.74) is 0. The van der Waals surface area contributed by atoms with E-state index in [2.05, 4.69) is 10.6 Å². The third-order valence-electron chi connectivity index (χ3n) is 2.99. The first kappa shape index (κ1) is 12.4. The van der Waals surface area contributed by atoms with Gasteiger partial charge in [-0.3, -0.25) is 0 Å². The Morgan fingerprint density at radius 3 is 3.12 bits per heavy atom. The van der Waals surface area contributed by atoms with Crippen molar-refractivity contribution in [2.24, 2.45) is 0 Å². The van der Waals surface area contributed by atoms with Gasteiger partial charge in [0, 0.05) is 10.9 Å². The van der Waals surface area contributed by atoms with E-state index in [0.29, 0.717) is 13.0 Å². The summed E-state index contributed by atoms with van der Waals surface area (Å²) >= 11 is 1.63. The Kier molecular flexibility index (Phi) is 4.39. The number of aliphatic hydroxyl groups excluding tert-OH is 1. The van der Waals surface area contributed by atoms with Gasteiger partial charge in [-0.1, -0.05) is 6.07 Å². The molecule has 2 rings (SSSR count). The van der Waals surface area contributed by atoms with Gasteiger partial charge in [0.15, 0.2) is 0 Å². The van der Waals surface area contributed by atoms with Crippen LogP contribution in [0.2, 0.25) is 0 Å². The number of hydrogen-bond donors (Lipinski definition) is 3. The topological polar surface area (TPSA) is 61.4 Å². The highest BCUT2D eigenvalue weighted by molar-refractivity contribution is 7.09. The van der Waals surface area contributed by atoms with Crippen LogP contribution in [0.15, 0.2) is 17.5 Å². The van der Waals surface area contributed by atoms with Crippen molar-refractivity contribution in [3.8, 4) is 0 Å². The highest BCUT2D eigenvalue weighted by Crippen LogP contribution is 2.18. The quantitative estimate of drug-likeness (QED) is 0.771. The lowest BCUT2D eigenvalue weighted by molar-refractivity contribution is 0.113.